The molecule has 0 spiro atoms. The summed E-state index contributed by atoms with van der Waals surface area (Å²) < 4.78 is 4.90. The van der Waals surface area contributed by atoms with Crippen molar-refractivity contribution in [1.82, 2.24) is 15.2 Å². The van der Waals surface area contributed by atoms with Crippen LogP contribution in [-0.4, -0.2) is 58.0 Å². The first-order valence-electron chi connectivity index (χ1n) is 16.4. The quantitative estimate of drug-likeness (QED) is 0.0647. The fraction of sp³-hybridized carbons (Fsp3) is 0.500. The Morgan fingerprint density at radius 2 is 1.65 bits per heavy atom. The van der Waals surface area contributed by atoms with Gasteiger partial charge in [-0.05, 0) is 41.3 Å². The average molecular weight is 677 g/mol. The average Bonchev–Trinajstić information content (AvgIpc) is 3.59. The second-order valence-corrected chi connectivity index (χ2v) is 13.5. The van der Waals surface area contributed by atoms with E-state index in [0.29, 0.717) is 24.3 Å². The monoisotopic (exact) mass is 676 g/mol. The molecule has 0 aliphatic heterocycles. The molecule has 11 nitrogen and oxygen atoms in total. The molecule has 1 heterocycles. The van der Waals surface area contributed by atoms with Crippen LogP contribution < -0.4 is 5.32 Å². The van der Waals surface area contributed by atoms with Gasteiger partial charge in [-0.1, -0.05) is 107 Å². The number of azide groups is 1. The molecule has 6 atom stereocenters. The summed E-state index contributed by atoms with van der Waals surface area (Å²) in [6.45, 7) is 9.85. The Balaban J connectivity index is 1.83. The van der Waals surface area contributed by atoms with Gasteiger partial charge in [0.25, 0.3) is 5.91 Å². The number of aromatic nitrogens is 1. The minimum absolute atomic E-state index is 0.0609. The largest absolute Gasteiger partial charge is 0.469 e. The van der Waals surface area contributed by atoms with Crippen molar-refractivity contribution in [3.8, 4) is 0 Å². The highest BCUT2D eigenvalue weighted by molar-refractivity contribution is 7.09. The molecule has 0 bridgehead atoms. The number of thiazole rings is 1. The third kappa shape index (κ3) is 10.9. The van der Waals surface area contributed by atoms with E-state index < -0.39 is 30.0 Å². The summed E-state index contributed by atoms with van der Waals surface area (Å²) in [4.78, 5) is 48.8. The van der Waals surface area contributed by atoms with E-state index >= 15 is 0 Å². The van der Waals surface area contributed by atoms with Crippen molar-refractivity contribution in [2.45, 2.75) is 91.1 Å². The molecule has 2 aromatic carbocycles. The minimum Gasteiger partial charge on any atom is -0.469 e. The number of hydrogen-bond donors (Lipinski definition) is 2. The molecule has 3 rings (SSSR count). The number of esters is 1. The summed E-state index contributed by atoms with van der Waals surface area (Å²) in [5.74, 6) is -1.71. The summed E-state index contributed by atoms with van der Waals surface area (Å²) in [5, 5.41) is 20.3. The summed E-state index contributed by atoms with van der Waals surface area (Å²) in [6.07, 6.45) is 0.656. The molecule has 2 amide bonds. The number of nitrogens with one attached hydrogen (secondary N) is 1. The minimum atomic E-state index is -1.06. The fourth-order valence-corrected chi connectivity index (χ4v) is 6.50. The lowest BCUT2D eigenvalue weighted by atomic mass is 9.92. The second-order valence-electron chi connectivity index (χ2n) is 12.6. The first-order valence-corrected chi connectivity index (χ1v) is 17.3. The number of rotatable bonds is 18. The molecule has 0 unspecified atom stereocenters. The molecular weight excluding hydrogens is 629 g/mol. The van der Waals surface area contributed by atoms with Crippen LogP contribution in [0.5, 0.6) is 0 Å². The van der Waals surface area contributed by atoms with Crippen molar-refractivity contribution in [1.29, 1.82) is 0 Å². The molecule has 0 aliphatic carbocycles. The first-order chi connectivity index (χ1) is 23.0. The van der Waals surface area contributed by atoms with Crippen molar-refractivity contribution in [3.05, 3.63) is 98.3 Å². The van der Waals surface area contributed by atoms with Gasteiger partial charge in [-0.3, -0.25) is 14.4 Å². The number of nitrogens with zero attached hydrogens (tertiary/aromatic N) is 5. The van der Waals surface area contributed by atoms with Crippen LogP contribution in [0, 0.1) is 17.8 Å². The van der Waals surface area contributed by atoms with Crippen molar-refractivity contribution in [2.75, 3.05) is 7.11 Å². The van der Waals surface area contributed by atoms with Crippen LogP contribution in [0.1, 0.15) is 86.6 Å². The molecule has 258 valence electrons. The van der Waals surface area contributed by atoms with E-state index in [0.717, 1.165) is 11.1 Å². The molecule has 1 aromatic heterocycles. The molecule has 48 heavy (non-hydrogen) atoms. The van der Waals surface area contributed by atoms with Gasteiger partial charge < -0.3 is 20.1 Å². The number of carbonyl (C=O) groups excluding carboxylic acids is 3. The number of carbonyl (C=O) groups is 3. The van der Waals surface area contributed by atoms with Crippen LogP contribution in [0.3, 0.4) is 0 Å². The lowest BCUT2D eigenvalue weighted by molar-refractivity contribution is -0.145. The Kier molecular flexibility index (Phi) is 15.1. The Morgan fingerprint density at radius 1 is 1.02 bits per heavy atom. The number of aliphatic hydroxyl groups is 1. The molecule has 3 aromatic rings. The van der Waals surface area contributed by atoms with Crippen LogP contribution in [-0.2, 0) is 27.3 Å². The van der Waals surface area contributed by atoms with Gasteiger partial charge in [0.2, 0.25) is 5.91 Å². The van der Waals surface area contributed by atoms with Gasteiger partial charge in [-0.2, -0.15) is 0 Å². The van der Waals surface area contributed by atoms with Gasteiger partial charge in [0.1, 0.15) is 22.8 Å². The standard InChI is InChI=1S/C36H48N6O5S/c1-7-24(4)32(40-41-37)35(45)42(21-27-16-12-9-13-17-27)30(23(2)3)20-31(43)34-39-29(22-48-34)33(44)38-28(18-25(5)36(46)47-6)19-26-14-10-8-11-15-26/h8-17,22-25,28,30-32,43H,7,18-21H2,1-6H3,(H,38,44)/t24-,25-,28+,30+,31+,32-/m0/s1. The van der Waals surface area contributed by atoms with E-state index in [-0.39, 0.29) is 48.4 Å². The van der Waals surface area contributed by atoms with Gasteiger partial charge in [0.15, 0.2) is 0 Å². The smallest absolute Gasteiger partial charge is 0.308 e. The third-order valence-electron chi connectivity index (χ3n) is 8.67. The zero-order valence-electron chi connectivity index (χ0n) is 28.7. The molecule has 0 saturated carbocycles. The Morgan fingerprint density at radius 3 is 2.21 bits per heavy atom. The summed E-state index contributed by atoms with van der Waals surface area (Å²) in [6, 6.07) is 17.6. The van der Waals surface area contributed by atoms with Crippen molar-refractivity contribution < 1.29 is 24.2 Å². The van der Waals surface area contributed by atoms with Gasteiger partial charge in [-0.25, -0.2) is 4.98 Å². The highest BCUT2D eigenvalue weighted by Gasteiger charge is 2.35. The summed E-state index contributed by atoms with van der Waals surface area (Å²) in [5.41, 5.74) is 11.4. The lowest BCUT2D eigenvalue weighted by Gasteiger charge is -2.38. The zero-order valence-corrected chi connectivity index (χ0v) is 29.5. The molecular formula is C36H48N6O5S. The topological polar surface area (TPSA) is 158 Å². The van der Waals surface area contributed by atoms with Crippen LogP contribution in [0.2, 0.25) is 0 Å². The van der Waals surface area contributed by atoms with Gasteiger partial charge >= 0.3 is 5.97 Å². The lowest BCUT2D eigenvalue weighted by Crippen LogP contribution is -2.48. The highest BCUT2D eigenvalue weighted by Crippen LogP contribution is 2.30. The second kappa shape index (κ2) is 18.9. The molecule has 0 fully saturated rings. The number of methoxy groups -OCH3 is 1. The van der Waals surface area contributed by atoms with Crippen molar-refractivity contribution >= 4 is 29.1 Å². The first kappa shape index (κ1) is 38.2. The van der Waals surface area contributed by atoms with E-state index in [9.17, 15) is 25.0 Å². The van der Waals surface area contributed by atoms with Crippen LogP contribution in [0.4, 0.5) is 0 Å². The van der Waals surface area contributed by atoms with Crippen LogP contribution in [0.15, 0.2) is 71.2 Å². The Labute approximate surface area is 287 Å². The van der Waals surface area contributed by atoms with E-state index in [4.69, 9.17) is 4.74 Å². The van der Waals surface area contributed by atoms with Crippen molar-refractivity contribution in [2.24, 2.45) is 22.9 Å². The van der Waals surface area contributed by atoms with Gasteiger partial charge in [0.05, 0.1) is 13.0 Å². The van der Waals surface area contributed by atoms with Crippen molar-refractivity contribution in [3.63, 3.8) is 0 Å². The Hall–Kier alpha value is -4.25. The number of benzene rings is 2. The van der Waals surface area contributed by atoms with Crippen LogP contribution in [0.25, 0.3) is 10.4 Å². The maximum Gasteiger partial charge on any atom is 0.308 e. The van der Waals surface area contributed by atoms with Gasteiger partial charge in [-0.15, -0.1) is 11.3 Å². The highest BCUT2D eigenvalue weighted by atomic mass is 32.1. The summed E-state index contributed by atoms with van der Waals surface area (Å²) >= 11 is 1.17. The molecule has 2 N–H and O–H groups in total. The number of amides is 2. The maximum absolute atomic E-state index is 14.1. The van der Waals surface area contributed by atoms with Crippen LogP contribution >= 0.6 is 11.3 Å². The molecule has 0 radical (unpaired) electrons. The van der Waals surface area contributed by atoms with E-state index in [1.165, 1.54) is 18.4 Å². The number of hydrogen-bond acceptors (Lipinski definition) is 8. The predicted molar refractivity (Wildman–Crippen MR) is 187 cm³/mol. The molecule has 0 aliphatic rings. The zero-order chi connectivity index (χ0) is 35.2. The summed E-state index contributed by atoms with van der Waals surface area (Å²) in [7, 11) is 1.34. The van der Waals surface area contributed by atoms with E-state index in [1.54, 1.807) is 17.2 Å². The Bertz CT molecular complexity index is 1510. The van der Waals surface area contributed by atoms with E-state index in [2.05, 4.69) is 20.3 Å². The fourth-order valence-electron chi connectivity index (χ4n) is 5.70. The SMILES string of the molecule is CC[C@H](C)[C@H](N=[N+]=[N-])C(=O)N(Cc1ccccc1)[C@H](C[C@@H](O)c1nc(C(=O)N[C@@H](Cc2ccccc2)C[C@H](C)C(=O)OC)cs1)C(C)C. The number of aliphatic hydroxyl groups excluding tert-OH is 1. The normalized spacial score (nSPS) is 14.9. The molecule has 0 saturated heterocycles. The maximum atomic E-state index is 14.1. The third-order valence-corrected chi connectivity index (χ3v) is 9.61. The van der Waals surface area contributed by atoms with Gasteiger partial charge in [0, 0.05) is 35.3 Å². The molecule has 12 heteroatoms. The number of ether oxygens (including phenoxy) is 1. The van der Waals surface area contributed by atoms with E-state index in [1.807, 2.05) is 88.4 Å². The predicted octanol–water partition coefficient (Wildman–Crippen LogP) is 6.89.